The van der Waals surface area contributed by atoms with Crippen LogP contribution in [0.5, 0.6) is 0 Å². The first kappa shape index (κ1) is 14.5. The molecule has 0 amide bonds. The van der Waals surface area contributed by atoms with Gasteiger partial charge in [-0.25, -0.2) is 0 Å². The van der Waals surface area contributed by atoms with Crippen molar-refractivity contribution in [2.45, 2.75) is 63.3 Å². The van der Waals surface area contributed by atoms with Crippen molar-refractivity contribution in [3.8, 4) is 0 Å². The normalized spacial score (nSPS) is 38.8. The van der Waals surface area contributed by atoms with Crippen molar-refractivity contribution >= 4 is 10.8 Å². The molecular weight excluding hydrogens is 246 g/mol. The zero-order chi connectivity index (χ0) is 13.0. The Kier molecular flexibility index (Phi) is 5.64. The van der Waals surface area contributed by atoms with E-state index >= 15 is 0 Å². The van der Waals surface area contributed by atoms with Gasteiger partial charge in [0.15, 0.2) is 0 Å². The zero-order valence-corrected chi connectivity index (χ0v) is 12.5. The van der Waals surface area contributed by atoms with Gasteiger partial charge in [0.25, 0.3) is 0 Å². The van der Waals surface area contributed by atoms with Gasteiger partial charge in [0, 0.05) is 23.4 Å². The van der Waals surface area contributed by atoms with E-state index < -0.39 is 10.8 Å². The molecule has 0 radical (unpaired) electrons. The van der Waals surface area contributed by atoms with E-state index in [-0.39, 0.29) is 6.10 Å². The standard InChI is InChI=1S/C14H27NO2S/c1-3-15-13-7-6-11(2)9-14(13)18(16)10-12-5-4-8-17-12/h11-15H,3-10H2,1-2H3. The fourth-order valence-electron chi connectivity index (χ4n) is 3.20. The SMILES string of the molecule is CCNC1CCC(C)CC1S(=O)CC1CCCO1. The Morgan fingerprint density at radius 2 is 2.17 bits per heavy atom. The smallest absolute Gasteiger partial charge is 0.0691 e. The maximum Gasteiger partial charge on any atom is 0.0691 e. The third-order valence-corrected chi connectivity index (χ3v) is 6.13. The molecule has 5 unspecified atom stereocenters. The summed E-state index contributed by atoms with van der Waals surface area (Å²) in [6.07, 6.45) is 6.05. The molecule has 2 fully saturated rings. The summed E-state index contributed by atoms with van der Waals surface area (Å²) >= 11 is 0. The molecule has 5 atom stereocenters. The van der Waals surface area contributed by atoms with E-state index in [4.69, 9.17) is 4.74 Å². The fourth-order valence-corrected chi connectivity index (χ4v) is 5.22. The van der Waals surface area contributed by atoms with Crippen molar-refractivity contribution in [3.63, 3.8) is 0 Å². The number of hydrogen-bond donors (Lipinski definition) is 1. The van der Waals surface area contributed by atoms with Crippen LogP contribution in [0.25, 0.3) is 0 Å². The molecule has 106 valence electrons. The molecule has 1 heterocycles. The average Bonchev–Trinajstić information content (AvgIpc) is 2.84. The molecule has 4 heteroatoms. The minimum atomic E-state index is -0.736. The van der Waals surface area contributed by atoms with Crippen molar-refractivity contribution in [1.82, 2.24) is 5.32 Å². The Morgan fingerprint density at radius 1 is 1.33 bits per heavy atom. The monoisotopic (exact) mass is 273 g/mol. The number of nitrogens with one attached hydrogen (secondary N) is 1. The Bertz CT molecular complexity index is 279. The van der Waals surface area contributed by atoms with E-state index in [2.05, 4.69) is 19.2 Å². The highest BCUT2D eigenvalue weighted by atomic mass is 32.2. The highest BCUT2D eigenvalue weighted by Gasteiger charge is 2.33. The molecule has 1 saturated heterocycles. The molecule has 0 aromatic carbocycles. The van der Waals surface area contributed by atoms with E-state index in [0.29, 0.717) is 11.3 Å². The van der Waals surface area contributed by atoms with Crippen molar-refractivity contribution in [3.05, 3.63) is 0 Å². The molecule has 1 aliphatic carbocycles. The molecule has 0 spiro atoms. The van der Waals surface area contributed by atoms with Gasteiger partial charge in [0.05, 0.1) is 17.1 Å². The van der Waals surface area contributed by atoms with Gasteiger partial charge in [-0.15, -0.1) is 0 Å². The topological polar surface area (TPSA) is 38.3 Å². The van der Waals surface area contributed by atoms with Crippen LogP contribution < -0.4 is 5.32 Å². The average molecular weight is 273 g/mol. The summed E-state index contributed by atoms with van der Waals surface area (Å²) in [7, 11) is -0.736. The fraction of sp³-hybridized carbons (Fsp3) is 1.00. The van der Waals surface area contributed by atoms with E-state index in [1.54, 1.807) is 0 Å². The summed E-state index contributed by atoms with van der Waals surface area (Å²) in [6.45, 7) is 6.27. The van der Waals surface area contributed by atoms with Crippen LogP contribution >= 0.6 is 0 Å². The molecule has 3 nitrogen and oxygen atoms in total. The molecule has 18 heavy (non-hydrogen) atoms. The molecule has 1 N–H and O–H groups in total. The van der Waals surface area contributed by atoms with Crippen LogP contribution in [0.2, 0.25) is 0 Å². The Balaban J connectivity index is 1.90. The number of rotatable bonds is 5. The lowest BCUT2D eigenvalue weighted by atomic mass is 9.87. The van der Waals surface area contributed by atoms with Gasteiger partial charge >= 0.3 is 0 Å². The summed E-state index contributed by atoms with van der Waals surface area (Å²) in [5.74, 6) is 1.47. The molecular formula is C14H27NO2S. The first-order chi connectivity index (χ1) is 8.70. The Hall–Kier alpha value is 0.0700. The second-order valence-electron chi connectivity index (χ2n) is 5.80. The molecule has 1 saturated carbocycles. The van der Waals surface area contributed by atoms with Crippen molar-refractivity contribution in [1.29, 1.82) is 0 Å². The second kappa shape index (κ2) is 7.01. The highest BCUT2D eigenvalue weighted by molar-refractivity contribution is 7.85. The third-order valence-electron chi connectivity index (χ3n) is 4.23. The van der Waals surface area contributed by atoms with Crippen LogP contribution in [0.1, 0.15) is 46.0 Å². The van der Waals surface area contributed by atoms with E-state index in [0.717, 1.165) is 44.1 Å². The van der Waals surface area contributed by atoms with Crippen LogP contribution in [0, 0.1) is 5.92 Å². The third kappa shape index (κ3) is 3.78. The lowest BCUT2D eigenvalue weighted by Crippen LogP contribution is -2.47. The first-order valence-electron chi connectivity index (χ1n) is 7.42. The maximum absolute atomic E-state index is 12.6. The molecule has 0 aromatic heterocycles. The van der Waals surface area contributed by atoms with Crippen LogP contribution in [-0.4, -0.2) is 40.5 Å². The minimum absolute atomic E-state index is 0.255. The van der Waals surface area contributed by atoms with Gasteiger partial charge in [-0.05, 0) is 44.6 Å². The van der Waals surface area contributed by atoms with Crippen molar-refractivity contribution < 1.29 is 8.95 Å². The molecule has 2 aliphatic rings. The lowest BCUT2D eigenvalue weighted by Gasteiger charge is -2.35. The quantitative estimate of drug-likeness (QED) is 0.833. The molecule has 2 rings (SSSR count). The van der Waals surface area contributed by atoms with Crippen LogP contribution in [-0.2, 0) is 15.5 Å². The predicted molar refractivity (Wildman–Crippen MR) is 76.3 cm³/mol. The molecule has 0 aromatic rings. The summed E-state index contributed by atoms with van der Waals surface area (Å²) in [4.78, 5) is 0. The van der Waals surface area contributed by atoms with E-state index in [1.807, 2.05) is 0 Å². The Morgan fingerprint density at radius 3 is 2.83 bits per heavy atom. The summed E-state index contributed by atoms with van der Waals surface area (Å²) in [5, 5.41) is 3.86. The summed E-state index contributed by atoms with van der Waals surface area (Å²) in [5.41, 5.74) is 0. The summed E-state index contributed by atoms with van der Waals surface area (Å²) in [6, 6.07) is 0.452. The van der Waals surface area contributed by atoms with Crippen molar-refractivity contribution in [2.75, 3.05) is 18.9 Å². The number of ether oxygens (including phenoxy) is 1. The van der Waals surface area contributed by atoms with Gasteiger partial charge in [0.1, 0.15) is 0 Å². The van der Waals surface area contributed by atoms with Gasteiger partial charge in [-0.3, -0.25) is 4.21 Å². The Labute approximate surface area is 114 Å². The van der Waals surface area contributed by atoms with Gasteiger partial charge in [-0.2, -0.15) is 0 Å². The van der Waals surface area contributed by atoms with Crippen molar-refractivity contribution in [2.24, 2.45) is 5.92 Å². The van der Waals surface area contributed by atoms with Crippen LogP contribution in [0.3, 0.4) is 0 Å². The molecule has 0 bridgehead atoms. The highest BCUT2D eigenvalue weighted by Crippen LogP contribution is 2.28. The second-order valence-corrected chi connectivity index (χ2v) is 7.50. The van der Waals surface area contributed by atoms with Gasteiger partial charge in [-0.1, -0.05) is 13.8 Å². The zero-order valence-electron chi connectivity index (χ0n) is 11.7. The maximum atomic E-state index is 12.6. The van der Waals surface area contributed by atoms with E-state index in [9.17, 15) is 4.21 Å². The first-order valence-corrected chi connectivity index (χ1v) is 8.81. The van der Waals surface area contributed by atoms with Crippen LogP contribution in [0.15, 0.2) is 0 Å². The van der Waals surface area contributed by atoms with Gasteiger partial charge in [0.2, 0.25) is 0 Å². The lowest BCUT2D eigenvalue weighted by molar-refractivity contribution is 0.128. The number of hydrogen-bond acceptors (Lipinski definition) is 3. The summed E-state index contributed by atoms with van der Waals surface area (Å²) < 4.78 is 18.2. The predicted octanol–water partition coefficient (Wildman–Crippen LogP) is 2.08. The minimum Gasteiger partial charge on any atom is -0.377 e. The largest absolute Gasteiger partial charge is 0.377 e. The molecule has 1 aliphatic heterocycles. The van der Waals surface area contributed by atoms with Crippen LogP contribution in [0.4, 0.5) is 0 Å². The van der Waals surface area contributed by atoms with Gasteiger partial charge < -0.3 is 10.1 Å². The van der Waals surface area contributed by atoms with E-state index in [1.165, 1.54) is 12.8 Å².